The number of carbonyl (C=O) groups is 1. The first-order chi connectivity index (χ1) is 14.0. The van der Waals surface area contributed by atoms with Gasteiger partial charge in [-0.3, -0.25) is 4.79 Å². The van der Waals surface area contributed by atoms with Gasteiger partial charge in [-0.2, -0.15) is 0 Å². The molecule has 0 aromatic rings. The Labute approximate surface area is 186 Å². The van der Waals surface area contributed by atoms with Crippen molar-refractivity contribution in [2.45, 2.75) is 113 Å². The van der Waals surface area contributed by atoms with Gasteiger partial charge >= 0.3 is 0 Å². The van der Waals surface area contributed by atoms with Crippen molar-refractivity contribution in [1.29, 1.82) is 0 Å². The fourth-order valence-electron chi connectivity index (χ4n) is 8.44. The number of allylic oxidation sites excluding steroid dienone is 4. The molecule has 0 spiro atoms. The Morgan fingerprint density at radius 3 is 2.37 bits per heavy atom. The summed E-state index contributed by atoms with van der Waals surface area (Å²) in [6.45, 7) is 16.8. The largest absolute Gasteiger partial charge is 0.299 e. The number of ketones is 1. The molecular weight excluding hydrogens is 364 g/mol. The molecule has 168 valence electrons. The van der Waals surface area contributed by atoms with Crippen LogP contribution >= 0.6 is 0 Å². The van der Waals surface area contributed by atoms with Crippen molar-refractivity contribution >= 4 is 5.78 Å². The lowest BCUT2D eigenvalue weighted by Crippen LogP contribution is -2.51. The zero-order valence-corrected chi connectivity index (χ0v) is 20.9. The molecular formula is C29H46O. The molecule has 0 amide bonds. The fourth-order valence-corrected chi connectivity index (χ4v) is 8.44. The smallest absolute Gasteiger partial charge is 0.138 e. The molecule has 5 atom stereocenters. The van der Waals surface area contributed by atoms with E-state index in [9.17, 15) is 4.79 Å². The van der Waals surface area contributed by atoms with E-state index in [-0.39, 0.29) is 10.8 Å². The lowest BCUT2D eigenvalue weighted by Gasteiger charge is -2.57. The van der Waals surface area contributed by atoms with Crippen LogP contribution in [-0.4, -0.2) is 5.78 Å². The SMILES string of the molecule is CC(C)CCC[C@@H](C)[C@H]1CC=C2C3=C(CC[C@@]21C)[C@@]1(C)CCC(=O)C(C)(C)[C@@H]1CC3. The van der Waals surface area contributed by atoms with Gasteiger partial charge in [-0.05, 0) is 84.2 Å². The van der Waals surface area contributed by atoms with E-state index in [4.69, 9.17) is 0 Å². The van der Waals surface area contributed by atoms with Crippen LogP contribution in [0.4, 0.5) is 0 Å². The molecule has 0 aromatic carbocycles. The number of Topliss-reactive ketones (excluding diaryl/α,β-unsaturated/α-hetero) is 1. The number of fused-ring (bicyclic) bond motifs is 4. The molecule has 1 nitrogen and oxygen atoms in total. The van der Waals surface area contributed by atoms with Crippen LogP contribution in [0.1, 0.15) is 113 Å². The van der Waals surface area contributed by atoms with Gasteiger partial charge in [0.2, 0.25) is 0 Å². The maximum Gasteiger partial charge on any atom is 0.138 e. The van der Waals surface area contributed by atoms with Gasteiger partial charge in [0.1, 0.15) is 5.78 Å². The second-order valence-electron chi connectivity index (χ2n) is 12.8. The van der Waals surface area contributed by atoms with Crippen LogP contribution in [-0.2, 0) is 4.79 Å². The number of rotatable bonds is 5. The van der Waals surface area contributed by atoms with E-state index < -0.39 is 0 Å². The van der Waals surface area contributed by atoms with E-state index >= 15 is 0 Å². The van der Waals surface area contributed by atoms with Gasteiger partial charge in [0, 0.05) is 11.8 Å². The summed E-state index contributed by atoms with van der Waals surface area (Å²) in [6.07, 6.45) is 15.0. The van der Waals surface area contributed by atoms with Gasteiger partial charge in [0.25, 0.3) is 0 Å². The molecule has 0 heterocycles. The van der Waals surface area contributed by atoms with E-state index in [1.165, 1.54) is 51.4 Å². The zero-order chi connectivity index (χ0) is 21.9. The third kappa shape index (κ3) is 3.29. The summed E-state index contributed by atoms with van der Waals surface area (Å²) in [5.41, 5.74) is 5.72. The highest BCUT2D eigenvalue weighted by molar-refractivity contribution is 5.86. The van der Waals surface area contributed by atoms with Gasteiger partial charge in [-0.1, -0.05) is 79.4 Å². The first-order valence-electron chi connectivity index (χ1n) is 13.0. The summed E-state index contributed by atoms with van der Waals surface area (Å²) in [5.74, 6) is 3.51. The molecule has 1 fully saturated rings. The summed E-state index contributed by atoms with van der Waals surface area (Å²) >= 11 is 0. The summed E-state index contributed by atoms with van der Waals surface area (Å²) in [6, 6.07) is 0. The van der Waals surface area contributed by atoms with E-state index in [0.717, 1.165) is 30.6 Å². The minimum absolute atomic E-state index is 0.149. The van der Waals surface area contributed by atoms with Crippen LogP contribution in [0.3, 0.4) is 0 Å². The topological polar surface area (TPSA) is 17.1 Å². The quantitative estimate of drug-likeness (QED) is 0.445. The molecule has 0 aliphatic heterocycles. The van der Waals surface area contributed by atoms with Crippen LogP contribution < -0.4 is 0 Å². The molecule has 0 aromatic heterocycles. The Bertz CT molecular complexity index is 765. The standard InChI is InChI=1S/C29H46O/c1-19(2)9-8-10-20(3)22-12-13-23-21-11-14-25-27(4,5)26(30)16-18-29(25,7)24(21)15-17-28(22,23)6/h13,19-20,22,25H,8-12,14-18H2,1-7H3/t20-,22-,25+,28-,29-/m1/s1. The fraction of sp³-hybridized carbons (Fsp3) is 0.828. The maximum atomic E-state index is 12.7. The minimum Gasteiger partial charge on any atom is -0.299 e. The molecule has 0 N–H and O–H groups in total. The van der Waals surface area contributed by atoms with Crippen molar-refractivity contribution in [3.63, 3.8) is 0 Å². The molecule has 30 heavy (non-hydrogen) atoms. The molecule has 4 aliphatic carbocycles. The second kappa shape index (κ2) is 7.63. The van der Waals surface area contributed by atoms with Crippen molar-refractivity contribution in [2.75, 3.05) is 0 Å². The van der Waals surface area contributed by atoms with E-state index in [1.807, 2.05) is 0 Å². The number of hydrogen-bond acceptors (Lipinski definition) is 1. The normalized spacial score (nSPS) is 38.8. The molecule has 4 rings (SSSR count). The molecule has 0 saturated heterocycles. The lowest BCUT2D eigenvalue weighted by atomic mass is 9.46. The molecule has 0 unspecified atom stereocenters. The first-order valence-corrected chi connectivity index (χ1v) is 13.0. The zero-order valence-electron chi connectivity index (χ0n) is 20.9. The molecule has 4 aliphatic rings. The van der Waals surface area contributed by atoms with E-state index in [0.29, 0.717) is 17.1 Å². The predicted octanol–water partition coefficient (Wildman–Crippen LogP) is 8.30. The third-order valence-corrected chi connectivity index (χ3v) is 10.3. The summed E-state index contributed by atoms with van der Waals surface area (Å²) in [4.78, 5) is 12.7. The Kier molecular flexibility index (Phi) is 5.68. The molecule has 1 heteroatoms. The first kappa shape index (κ1) is 22.3. The highest BCUT2D eigenvalue weighted by Crippen LogP contribution is 2.66. The van der Waals surface area contributed by atoms with E-state index in [1.54, 1.807) is 16.7 Å². The Balaban J connectivity index is 1.59. The van der Waals surface area contributed by atoms with Crippen molar-refractivity contribution < 1.29 is 4.79 Å². The molecule has 0 radical (unpaired) electrons. The van der Waals surface area contributed by atoms with Crippen LogP contribution in [0.5, 0.6) is 0 Å². The third-order valence-electron chi connectivity index (χ3n) is 10.3. The average Bonchev–Trinajstić information content (AvgIpc) is 3.02. The van der Waals surface area contributed by atoms with Crippen LogP contribution in [0, 0.1) is 39.9 Å². The maximum absolute atomic E-state index is 12.7. The number of carbonyl (C=O) groups excluding carboxylic acids is 1. The lowest BCUT2D eigenvalue weighted by molar-refractivity contribution is -0.139. The summed E-state index contributed by atoms with van der Waals surface area (Å²) in [7, 11) is 0. The predicted molar refractivity (Wildman–Crippen MR) is 127 cm³/mol. The van der Waals surface area contributed by atoms with Crippen LogP contribution in [0.2, 0.25) is 0 Å². The van der Waals surface area contributed by atoms with Crippen LogP contribution in [0.15, 0.2) is 22.8 Å². The Hall–Kier alpha value is -0.850. The van der Waals surface area contributed by atoms with Crippen molar-refractivity contribution in [3.05, 3.63) is 22.8 Å². The van der Waals surface area contributed by atoms with Crippen molar-refractivity contribution in [1.82, 2.24) is 0 Å². The van der Waals surface area contributed by atoms with Gasteiger partial charge in [0.15, 0.2) is 0 Å². The highest BCUT2D eigenvalue weighted by Gasteiger charge is 2.57. The highest BCUT2D eigenvalue weighted by atomic mass is 16.1. The van der Waals surface area contributed by atoms with Gasteiger partial charge in [-0.25, -0.2) is 0 Å². The molecule has 1 saturated carbocycles. The second-order valence-corrected chi connectivity index (χ2v) is 12.8. The van der Waals surface area contributed by atoms with Gasteiger partial charge in [-0.15, -0.1) is 0 Å². The Morgan fingerprint density at radius 1 is 0.967 bits per heavy atom. The summed E-state index contributed by atoms with van der Waals surface area (Å²) < 4.78 is 0. The molecule has 0 bridgehead atoms. The van der Waals surface area contributed by atoms with Gasteiger partial charge in [0.05, 0.1) is 0 Å². The number of hydrogen-bond donors (Lipinski definition) is 0. The van der Waals surface area contributed by atoms with E-state index in [2.05, 4.69) is 54.5 Å². The average molecular weight is 411 g/mol. The Morgan fingerprint density at radius 2 is 1.67 bits per heavy atom. The minimum atomic E-state index is -0.149. The summed E-state index contributed by atoms with van der Waals surface area (Å²) in [5, 5.41) is 0. The van der Waals surface area contributed by atoms with Crippen LogP contribution in [0.25, 0.3) is 0 Å². The van der Waals surface area contributed by atoms with Crippen molar-refractivity contribution in [2.24, 2.45) is 39.9 Å². The van der Waals surface area contributed by atoms with Gasteiger partial charge < -0.3 is 0 Å². The monoisotopic (exact) mass is 410 g/mol. The van der Waals surface area contributed by atoms with Crippen molar-refractivity contribution in [3.8, 4) is 0 Å².